The highest BCUT2D eigenvalue weighted by Gasteiger charge is 2.21. The largest absolute Gasteiger partial charge is 0.392 e. The Kier molecular flexibility index (Phi) is 1.38. The molecule has 2 aliphatic carbocycles. The predicted octanol–water partition coefficient (Wildman–Crippen LogP) is 1.79. The van der Waals surface area contributed by atoms with Gasteiger partial charge in [-0.2, -0.15) is 0 Å². The summed E-state index contributed by atoms with van der Waals surface area (Å²) in [4.78, 5) is 0. The number of aliphatic hydroxyl groups is 1. The minimum atomic E-state index is -0.0649. The van der Waals surface area contributed by atoms with Crippen LogP contribution < -0.4 is 0 Å². The average molecular weight is 136 g/mol. The Morgan fingerprint density at radius 1 is 1.10 bits per heavy atom. The molecule has 54 valence electrons. The Bertz CT molecular complexity index is 181. The van der Waals surface area contributed by atoms with E-state index in [9.17, 15) is 5.11 Å². The number of hydrogen-bond donors (Lipinski definition) is 1. The van der Waals surface area contributed by atoms with Crippen molar-refractivity contribution in [2.75, 3.05) is 0 Å². The highest BCUT2D eigenvalue weighted by atomic mass is 16.3. The maximum Gasteiger partial charge on any atom is 0.0614 e. The van der Waals surface area contributed by atoms with Gasteiger partial charge < -0.3 is 5.11 Å². The van der Waals surface area contributed by atoms with Crippen molar-refractivity contribution in [3.63, 3.8) is 0 Å². The lowest BCUT2D eigenvalue weighted by molar-refractivity contribution is 0.185. The monoisotopic (exact) mass is 136 g/mol. The minimum absolute atomic E-state index is 0.0649. The standard InChI is InChI=1S/C9H12O/c10-9-5-7-3-1-2-4-8(7)6-9/h1-2,9-10H,3-6H2. The second-order valence-electron chi connectivity index (χ2n) is 3.15. The molecule has 0 amide bonds. The third kappa shape index (κ3) is 0.907. The maximum atomic E-state index is 9.29. The molecule has 0 saturated heterocycles. The second-order valence-corrected chi connectivity index (χ2v) is 3.15. The molecule has 0 unspecified atom stereocenters. The van der Waals surface area contributed by atoms with Crippen LogP contribution in [-0.4, -0.2) is 11.2 Å². The summed E-state index contributed by atoms with van der Waals surface area (Å²) in [6.07, 6.45) is 8.39. The Morgan fingerprint density at radius 3 is 2.10 bits per heavy atom. The van der Waals surface area contributed by atoms with E-state index in [1.165, 1.54) is 11.1 Å². The highest BCUT2D eigenvalue weighted by Crippen LogP contribution is 2.33. The van der Waals surface area contributed by atoms with Crippen LogP contribution in [0.1, 0.15) is 25.7 Å². The molecule has 1 heteroatoms. The summed E-state index contributed by atoms with van der Waals surface area (Å²) >= 11 is 0. The lowest BCUT2D eigenvalue weighted by Crippen LogP contribution is -1.98. The van der Waals surface area contributed by atoms with Crippen molar-refractivity contribution < 1.29 is 5.11 Å². The fourth-order valence-electron chi connectivity index (χ4n) is 1.84. The molecule has 2 rings (SSSR count). The van der Waals surface area contributed by atoms with E-state index in [2.05, 4.69) is 12.2 Å². The van der Waals surface area contributed by atoms with Gasteiger partial charge >= 0.3 is 0 Å². The zero-order chi connectivity index (χ0) is 6.97. The number of hydrogen-bond acceptors (Lipinski definition) is 1. The third-order valence-electron chi connectivity index (χ3n) is 2.36. The number of rotatable bonds is 0. The smallest absolute Gasteiger partial charge is 0.0614 e. The van der Waals surface area contributed by atoms with E-state index >= 15 is 0 Å². The van der Waals surface area contributed by atoms with Crippen LogP contribution in [0.25, 0.3) is 0 Å². The van der Waals surface area contributed by atoms with Crippen molar-refractivity contribution in [2.24, 2.45) is 0 Å². The third-order valence-corrected chi connectivity index (χ3v) is 2.36. The van der Waals surface area contributed by atoms with E-state index in [4.69, 9.17) is 0 Å². The van der Waals surface area contributed by atoms with Gasteiger partial charge in [-0.1, -0.05) is 23.3 Å². The summed E-state index contributed by atoms with van der Waals surface area (Å²) in [5, 5.41) is 9.29. The Hall–Kier alpha value is -0.560. The van der Waals surface area contributed by atoms with Crippen LogP contribution in [0.4, 0.5) is 0 Å². The van der Waals surface area contributed by atoms with Gasteiger partial charge in [0.05, 0.1) is 6.10 Å². The normalized spacial score (nSPS) is 25.7. The first-order chi connectivity index (χ1) is 4.86. The van der Waals surface area contributed by atoms with Crippen molar-refractivity contribution in [1.82, 2.24) is 0 Å². The minimum Gasteiger partial charge on any atom is -0.392 e. The van der Waals surface area contributed by atoms with E-state index in [1.54, 1.807) is 0 Å². The molecule has 10 heavy (non-hydrogen) atoms. The summed E-state index contributed by atoms with van der Waals surface area (Å²) in [5.74, 6) is 0. The van der Waals surface area contributed by atoms with Crippen LogP contribution >= 0.6 is 0 Å². The first kappa shape index (κ1) is 6.17. The van der Waals surface area contributed by atoms with Gasteiger partial charge in [-0.15, -0.1) is 0 Å². The molecule has 1 N–H and O–H groups in total. The van der Waals surface area contributed by atoms with E-state index < -0.39 is 0 Å². The first-order valence-corrected chi connectivity index (χ1v) is 3.89. The maximum absolute atomic E-state index is 9.29. The molecule has 0 aromatic heterocycles. The summed E-state index contributed by atoms with van der Waals surface area (Å²) in [5.41, 5.74) is 2.99. The molecular weight excluding hydrogens is 124 g/mol. The molecule has 0 bridgehead atoms. The molecule has 2 aliphatic rings. The summed E-state index contributed by atoms with van der Waals surface area (Å²) < 4.78 is 0. The number of allylic oxidation sites excluding steroid dienone is 2. The van der Waals surface area contributed by atoms with Gasteiger partial charge in [-0.25, -0.2) is 0 Å². The van der Waals surface area contributed by atoms with Gasteiger partial charge in [-0.3, -0.25) is 0 Å². The van der Waals surface area contributed by atoms with Gasteiger partial charge in [0.1, 0.15) is 0 Å². The topological polar surface area (TPSA) is 20.2 Å². The first-order valence-electron chi connectivity index (χ1n) is 3.89. The molecular formula is C9H12O. The van der Waals surface area contributed by atoms with E-state index in [0.717, 1.165) is 25.7 Å². The lowest BCUT2D eigenvalue weighted by atomic mass is 10.0. The van der Waals surface area contributed by atoms with Crippen LogP contribution in [0.15, 0.2) is 23.3 Å². The van der Waals surface area contributed by atoms with Crippen molar-refractivity contribution in [1.29, 1.82) is 0 Å². The molecule has 0 atom stereocenters. The lowest BCUT2D eigenvalue weighted by Gasteiger charge is -2.06. The summed E-state index contributed by atoms with van der Waals surface area (Å²) in [6, 6.07) is 0. The van der Waals surface area contributed by atoms with Gasteiger partial charge in [0.2, 0.25) is 0 Å². The van der Waals surface area contributed by atoms with Crippen molar-refractivity contribution >= 4 is 0 Å². The zero-order valence-electron chi connectivity index (χ0n) is 6.01. The van der Waals surface area contributed by atoms with Gasteiger partial charge in [0.25, 0.3) is 0 Å². The van der Waals surface area contributed by atoms with Gasteiger partial charge in [0.15, 0.2) is 0 Å². The quantitative estimate of drug-likeness (QED) is 0.503. The zero-order valence-corrected chi connectivity index (χ0v) is 6.01. The number of aliphatic hydroxyl groups excluding tert-OH is 1. The molecule has 0 aromatic carbocycles. The average Bonchev–Trinajstić information content (AvgIpc) is 2.27. The second kappa shape index (κ2) is 2.24. The molecule has 0 aliphatic heterocycles. The highest BCUT2D eigenvalue weighted by molar-refractivity contribution is 5.29. The Labute approximate surface area is 61.1 Å². The van der Waals surface area contributed by atoms with Crippen LogP contribution in [0.3, 0.4) is 0 Å². The summed E-state index contributed by atoms with van der Waals surface area (Å²) in [6.45, 7) is 0. The van der Waals surface area contributed by atoms with Crippen molar-refractivity contribution in [3.05, 3.63) is 23.3 Å². The van der Waals surface area contributed by atoms with E-state index in [0.29, 0.717) is 0 Å². The van der Waals surface area contributed by atoms with Crippen LogP contribution in [0, 0.1) is 0 Å². The van der Waals surface area contributed by atoms with Gasteiger partial charge in [0, 0.05) is 0 Å². The molecule has 1 nitrogen and oxygen atoms in total. The fraction of sp³-hybridized carbons (Fsp3) is 0.556. The molecule has 0 fully saturated rings. The Morgan fingerprint density at radius 2 is 1.60 bits per heavy atom. The predicted molar refractivity (Wildman–Crippen MR) is 40.6 cm³/mol. The fourth-order valence-corrected chi connectivity index (χ4v) is 1.84. The Balaban J connectivity index is 2.15. The molecule has 0 saturated carbocycles. The van der Waals surface area contributed by atoms with Crippen molar-refractivity contribution in [2.45, 2.75) is 31.8 Å². The molecule has 0 aromatic rings. The molecule has 0 radical (unpaired) electrons. The van der Waals surface area contributed by atoms with Crippen LogP contribution in [0.2, 0.25) is 0 Å². The molecule has 0 spiro atoms. The van der Waals surface area contributed by atoms with Crippen molar-refractivity contribution in [3.8, 4) is 0 Å². The van der Waals surface area contributed by atoms with E-state index in [1.807, 2.05) is 0 Å². The SMILES string of the molecule is OC1CC2=C(CC=CC2)C1. The summed E-state index contributed by atoms with van der Waals surface area (Å²) in [7, 11) is 0. The molecule has 0 heterocycles. The van der Waals surface area contributed by atoms with E-state index in [-0.39, 0.29) is 6.10 Å². The van der Waals surface area contributed by atoms with Crippen LogP contribution in [0.5, 0.6) is 0 Å². The van der Waals surface area contributed by atoms with Crippen LogP contribution in [-0.2, 0) is 0 Å². The van der Waals surface area contributed by atoms with Gasteiger partial charge in [-0.05, 0) is 25.7 Å².